The third-order valence-corrected chi connectivity index (χ3v) is 2.51. The zero-order chi connectivity index (χ0) is 10.5. The van der Waals surface area contributed by atoms with E-state index in [2.05, 4.69) is 34.6 Å². The third kappa shape index (κ3) is 2.58. The van der Waals surface area contributed by atoms with Crippen LogP contribution in [0.1, 0.15) is 12.0 Å². The smallest absolute Gasteiger partial charge is 0.0457 e. The van der Waals surface area contributed by atoms with Crippen LogP contribution in [0.5, 0.6) is 0 Å². The second kappa shape index (κ2) is 4.96. The van der Waals surface area contributed by atoms with Gasteiger partial charge in [-0.05, 0) is 42.6 Å². The first-order chi connectivity index (χ1) is 7.40. The Bertz CT molecular complexity index is 419. The van der Waals surface area contributed by atoms with Gasteiger partial charge < -0.3 is 16.0 Å². The van der Waals surface area contributed by atoms with Gasteiger partial charge in [-0.25, -0.2) is 0 Å². The first-order valence-electron chi connectivity index (χ1n) is 5.37. The Morgan fingerprint density at radius 3 is 3.07 bits per heavy atom. The second-order valence-electron chi connectivity index (χ2n) is 3.72. The van der Waals surface area contributed by atoms with Gasteiger partial charge in [0.2, 0.25) is 0 Å². The van der Waals surface area contributed by atoms with E-state index in [9.17, 15) is 0 Å². The lowest BCUT2D eigenvalue weighted by atomic mass is 10.1. The number of H-pyrrole nitrogens is 1. The summed E-state index contributed by atoms with van der Waals surface area (Å²) in [6.07, 6.45) is 3.00. The Hall–Kier alpha value is -1.32. The maximum absolute atomic E-state index is 5.42. The van der Waals surface area contributed by atoms with E-state index in [0.717, 1.165) is 26.1 Å². The summed E-state index contributed by atoms with van der Waals surface area (Å²) in [5.41, 5.74) is 7.93. The van der Waals surface area contributed by atoms with Crippen LogP contribution >= 0.6 is 0 Å². The van der Waals surface area contributed by atoms with Crippen LogP contribution in [0.2, 0.25) is 0 Å². The van der Waals surface area contributed by atoms with E-state index in [0.29, 0.717) is 0 Å². The number of nitrogens with one attached hydrogen (secondary N) is 2. The highest BCUT2D eigenvalue weighted by atomic mass is 14.8. The highest BCUT2D eigenvalue weighted by Crippen LogP contribution is 2.13. The molecule has 15 heavy (non-hydrogen) atoms. The zero-order valence-corrected chi connectivity index (χ0v) is 8.79. The van der Waals surface area contributed by atoms with Crippen molar-refractivity contribution >= 4 is 10.9 Å². The number of nitrogens with two attached hydrogens (primary N) is 1. The van der Waals surface area contributed by atoms with Crippen LogP contribution < -0.4 is 11.1 Å². The van der Waals surface area contributed by atoms with Crippen LogP contribution in [-0.4, -0.2) is 18.1 Å². The Balaban J connectivity index is 1.96. The van der Waals surface area contributed by atoms with Gasteiger partial charge in [-0.15, -0.1) is 0 Å². The largest absolute Gasteiger partial charge is 0.361 e. The minimum atomic E-state index is 0.753. The van der Waals surface area contributed by atoms with Gasteiger partial charge in [0.05, 0.1) is 0 Å². The molecule has 0 atom stereocenters. The minimum Gasteiger partial charge on any atom is -0.361 e. The van der Waals surface area contributed by atoms with Gasteiger partial charge >= 0.3 is 0 Å². The number of hydrogen-bond donors (Lipinski definition) is 3. The van der Waals surface area contributed by atoms with E-state index in [1.54, 1.807) is 0 Å². The molecule has 2 aromatic rings. The van der Waals surface area contributed by atoms with Crippen molar-refractivity contribution in [2.75, 3.05) is 13.1 Å². The lowest BCUT2D eigenvalue weighted by molar-refractivity contribution is 0.656. The maximum Gasteiger partial charge on any atom is 0.0457 e. The molecular formula is C12H17N3. The third-order valence-electron chi connectivity index (χ3n) is 2.51. The van der Waals surface area contributed by atoms with Crippen LogP contribution in [0, 0.1) is 0 Å². The molecule has 0 unspecified atom stereocenters. The monoisotopic (exact) mass is 203 g/mol. The highest BCUT2D eigenvalue weighted by Gasteiger charge is 1.96. The van der Waals surface area contributed by atoms with Crippen molar-refractivity contribution in [1.29, 1.82) is 0 Å². The summed E-state index contributed by atoms with van der Waals surface area (Å²) in [5.74, 6) is 0. The highest BCUT2D eigenvalue weighted by molar-refractivity contribution is 5.79. The summed E-state index contributed by atoms with van der Waals surface area (Å²) in [5, 5.41) is 4.63. The Morgan fingerprint density at radius 2 is 2.20 bits per heavy atom. The summed E-state index contributed by atoms with van der Waals surface area (Å²) in [4.78, 5) is 3.21. The van der Waals surface area contributed by atoms with Crippen LogP contribution in [-0.2, 0) is 6.54 Å². The van der Waals surface area contributed by atoms with Crippen LogP contribution in [0.25, 0.3) is 10.9 Å². The molecule has 0 aliphatic carbocycles. The predicted molar refractivity (Wildman–Crippen MR) is 63.7 cm³/mol. The van der Waals surface area contributed by atoms with E-state index < -0.39 is 0 Å². The van der Waals surface area contributed by atoms with Gasteiger partial charge in [0.15, 0.2) is 0 Å². The molecule has 0 aliphatic rings. The number of aromatic nitrogens is 1. The molecule has 80 valence electrons. The SMILES string of the molecule is NCCCNCc1ccc2cc[nH]c2c1. The maximum atomic E-state index is 5.42. The molecule has 0 radical (unpaired) electrons. The topological polar surface area (TPSA) is 53.8 Å². The number of hydrogen-bond acceptors (Lipinski definition) is 2. The van der Waals surface area contributed by atoms with Crippen LogP contribution in [0.4, 0.5) is 0 Å². The summed E-state index contributed by atoms with van der Waals surface area (Å²) in [7, 11) is 0. The summed E-state index contributed by atoms with van der Waals surface area (Å²) >= 11 is 0. The molecule has 0 fully saturated rings. The Kier molecular flexibility index (Phi) is 3.37. The van der Waals surface area contributed by atoms with E-state index in [-0.39, 0.29) is 0 Å². The molecule has 4 N–H and O–H groups in total. The van der Waals surface area contributed by atoms with Gasteiger partial charge in [-0.1, -0.05) is 12.1 Å². The molecule has 3 heteroatoms. The zero-order valence-electron chi connectivity index (χ0n) is 8.79. The van der Waals surface area contributed by atoms with Crippen molar-refractivity contribution < 1.29 is 0 Å². The standard InChI is InChI=1S/C12H17N3/c13-5-1-6-14-9-10-2-3-11-4-7-15-12(11)8-10/h2-4,7-8,14-15H,1,5-6,9,13H2. The van der Waals surface area contributed by atoms with Gasteiger partial charge in [-0.3, -0.25) is 0 Å². The van der Waals surface area contributed by atoms with Crippen molar-refractivity contribution in [2.45, 2.75) is 13.0 Å². The predicted octanol–water partition coefficient (Wildman–Crippen LogP) is 1.61. The average Bonchev–Trinajstić information content (AvgIpc) is 2.71. The molecule has 0 saturated heterocycles. The normalized spacial score (nSPS) is 11.0. The van der Waals surface area contributed by atoms with E-state index >= 15 is 0 Å². The molecule has 1 aromatic carbocycles. The van der Waals surface area contributed by atoms with Crippen molar-refractivity contribution in [1.82, 2.24) is 10.3 Å². The lowest BCUT2D eigenvalue weighted by Crippen LogP contribution is -2.17. The molecule has 0 saturated carbocycles. The van der Waals surface area contributed by atoms with Crippen molar-refractivity contribution in [3.05, 3.63) is 36.0 Å². The molecule has 1 heterocycles. The number of aromatic amines is 1. The van der Waals surface area contributed by atoms with E-state index in [4.69, 9.17) is 5.73 Å². The van der Waals surface area contributed by atoms with Crippen molar-refractivity contribution in [3.8, 4) is 0 Å². The Morgan fingerprint density at radius 1 is 1.27 bits per heavy atom. The Labute approximate surface area is 89.7 Å². The summed E-state index contributed by atoms with van der Waals surface area (Å²) in [6.45, 7) is 2.65. The van der Waals surface area contributed by atoms with Gasteiger partial charge in [0.1, 0.15) is 0 Å². The molecule has 0 aliphatic heterocycles. The molecule has 1 aromatic heterocycles. The summed E-state index contributed by atoms with van der Waals surface area (Å²) in [6, 6.07) is 8.57. The van der Waals surface area contributed by atoms with Gasteiger partial charge in [0.25, 0.3) is 0 Å². The van der Waals surface area contributed by atoms with Crippen molar-refractivity contribution in [3.63, 3.8) is 0 Å². The second-order valence-corrected chi connectivity index (χ2v) is 3.72. The fourth-order valence-electron chi connectivity index (χ4n) is 1.66. The fraction of sp³-hybridized carbons (Fsp3) is 0.333. The first-order valence-corrected chi connectivity index (χ1v) is 5.37. The van der Waals surface area contributed by atoms with Crippen LogP contribution in [0.15, 0.2) is 30.5 Å². The quantitative estimate of drug-likeness (QED) is 0.647. The van der Waals surface area contributed by atoms with Gasteiger partial charge in [0, 0.05) is 18.3 Å². The number of rotatable bonds is 5. The minimum absolute atomic E-state index is 0.753. The molecular weight excluding hydrogens is 186 g/mol. The summed E-state index contributed by atoms with van der Waals surface area (Å²) < 4.78 is 0. The van der Waals surface area contributed by atoms with E-state index in [1.807, 2.05) is 6.20 Å². The fourth-order valence-corrected chi connectivity index (χ4v) is 1.66. The van der Waals surface area contributed by atoms with E-state index in [1.165, 1.54) is 16.5 Å². The number of benzene rings is 1. The molecule has 0 amide bonds. The lowest BCUT2D eigenvalue weighted by Gasteiger charge is -2.03. The number of fused-ring (bicyclic) bond motifs is 1. The van der Waals surface area contributed by atoms with Crippen LogP contribution in [0.3, 0.4) is 0 Å². The molecule has 3 nitrogen and oxygen atoms in total. The van der Waals surface area contributed by atoms with Crippen molar-refractivity contribution in [2.24, 2.45) is 5.73 Å². The first kappa shape index (κ1) is 10.2. The molecule has 0 spiro atoms. The average molecular weight is 203 g/mol. The molecule has 2 rings (SSSR count). The van der Waals surface area contributed by atoms with Gasteiger partial charge in [-0.2, -0.15) is 0 Å². The molecule has 0 bridgehead atoms.